The average Bonchev–Trinajstić information content (AvgIpc) is 3.11. The van der Waals surface area contributed by atoms with Crippen LogP contribution in [0.15, 0.2) is 35.7 Å². The lowest BCUT2D eigenvalue weighted by atomic mass is 10.1. The Morgan fingerprint density at radius 3 is 2.91 bits per heavy atom. The van der Waals surface area contributed by atoms with E-state index < -0.39 is 0 Å². The fourth-order valence-corrected chi connectivity index (χ4v) is 3.25. The second kappa shape index (κ2) is 8.27. The fourth-order valence-electron chi connectivity index (χ4n) is 2.59. The van der Waals surface area contributed by atoms with E-state index in [-0.39, 0.29) is 12.6 Å². The highest BCUT2D eigenvalue weighted by Crippen LogP contribution is 2.18. The zero-order chi connectivity index (χ0) is 15.9. The van der Waals surface area contributed by atoms with Gasteiger partial charge in [0.25, 0.3) is 0 Å². The van der Waals surface area contributed by atoms with Gasteiger partial charge in [0.15, 0.2) is 0 Å². The molecule has 0 aliphatic heterocycles. The van der Waals surface area contributed by atoms with Crippen LogP contribution in [0.5, 0.6) is 0 Å². The summed E-state index contributed by atoms with van der Waals surface area (Å²) in [5.74, 6) is 0. The molecular weight excluding hydrogens is 294 g/mol. The molecular formula is C17H25N3OS. The largest absolute Gasteiger partial charge is 0.395 e. The zero-order valence-corrected chi connectivity index (χ0v) is 14.2. The molecule has 0 unspecified atom stereocenters. The van der Waals surface area contributed by atoms with Crippen LogP contribution < -0.4 is 0 Å². The van der Waals surface area contributed by atoms with Crippen LogP contribution in [0.1, 0.15) is 30.2 Å². The number of rotatable bonds is 9. The van der Waals surface area contributed by atoms with Crippen molar-refractivity contribution >= 4 is 11.3 Å². The van der Waals surface area contributed by atoms with Gasteiger partial charge in [-0.25, -0.2) is 0 Å². The predicted molar refractivity (Wildman–Crippen MR) is 91.9 cm³/mol. The lowest BCUT2D eigenvalue weighted by Gasteiger charge is -2.29. The van der Waals surface area contributed by atoms with Gasteiger partial charge in [0.05, 0.1) is 18.8 Å². The second-order valence-corrected chi connectivity index (χ2v) is 6.31. The topological polar surface area (TPSA) is 41.3 Å². The van der Waals surface area contributed by atoms with E-state index in [0.29, 0.717) is 0 Å². The Bertz CT molecular complexity index is 573. The molecule has 0 fully saturated rings. The quantitative estimate of drug-likeness (QED) is 0.722. The molecule has 0 saturated heterocycles. The highest BCUT2D eigenvalue weighted by atomic mass is 32.1. The van der Waals surface area contributed by atoms with Crippen molar-refractivity contribution in [2.75, 3.05) is 6.61 Å². The summed E-state index contributed by atoms with van der Waals surface area (Å²) in [7, 11) is 0. The number of aromatic nitrogens is 2. The van der Waals surface area contributed by atoms with Crippen molar-refractivity contribution in [3.8, 4) is 0 Å². The molecule has 22 heavy (non-hydrogen) atoms. The van der Waals surface area contributed by atoms with E-state index in [1.807, 2.05) is 17.7 Å². The van der Waals surface area contributed by atoms with Gasteiger partial charge in [0.1, 0.15) is 0 Å². The monoisotopic (exact) mass is 319 g/mol. The maximum atomic E-state index is 9.69. The highest BCUT2D eigenvalue weighted by Gasteiger charge is 2.19. The third-order valence-corrected chi connectivity index (χ3v) is 4.63. The molecule has 2 rings (SSSR count). The van der Waals surface area contributed by atoms with E-state index in [0.717, 1.165) is 31.7 Å². The van der Waals surface area contributed by atoms with Crippen LogP contribution in [-0.2, 0) is 19.6 Å². The summed E-state index contributed by atoms with van der Waals surface area (Å²) in [6, 6.07) is 2.32. The van der Waals surface area contributed by atoms with E-state index in [2.05, 4.69) is 46.5 Å². The summed E-state index contributed by atoms with van der Waals surface area (Å²) in [5.41, 5.74) is 3.56. The first-order valence-corrected chi connectivity index (χ1v) is 8.62. The van der Waals surface area contributed by atoms with Crippen molar-refractivity contribution in [3.63, 3.8) is 0 Å². The number of aryl methyl sites for hydroxylation is 1. The Morgan fingerprint density at radius 1 is 1.50 bits per heavy atom. The molecule has 0 radical (unpaired) electrons. The first-order valence-electron chi connectivity index (χ1n) is 7.67. The molecule has 0 amide bonds. The molecule has 0 aromatic carbocycles. The minimum absolute atomic E-state index is 0.169. The first kappa shape index (κ1) is 16.9. The van der Waals surface area contributed by atoms with E-state index >= 15 is 0 Å². The first-order chi connectivity index (χ1) is 10.7. The number of allylic oxidation sites excluding steroid dienone is 1. The molecule has 120 valence electrons. The molecule has 0 aliphatic carbocycles. The Hall–Kier alpha value is -1.43. The SMILES string of the molecule is C=CCn1cc(CN(Cc2ccsc2)[C@H](CC)CO)c(C)n1. The number of nitrogens with zero attached hydrogens (tertiary/aromatic N) is 3. The summed E-state index contributed by atoms with van der Waals surface area (Å²) >= 11 is 1.71. The van der Waals surface area contributed by atoms with Gasteiger partial charge in [0.2, 0.25) is 0 Å². The second-order valence-electron chi connectivity index (χ2n) is 5.53. The molecule has 2 heterocycles. The summed E-state index contributed by atoms with van der Waals surface area (Å²) in [4.78, 5) is 2.34. The van der Waals surface area contributed by atoms with Gasteiger partial charge in [-0.1, -0.05) is 13.0 Å². The highest BCUT2D eigenvalue weighted by molar-refractivity contribution is 7.07. The third kappa shape index (κ3) is 4.29. The molecule has 0 spiro atoms. The van der Waals surface area contributed by atoms with Crippen molar-refractivity contribution in [2.24, 2.45) is 0 Å². The van der Waals surface area contributed by atoms with Gasteiger partial charge < -0.3 is 5.11 Å². The van der Waals surface area contributed by atoms with Gasteiger partial charge in [-0.15, -0.1) is 6.58 Å². The molecule has 0 bridgehead atoms. The van der Waals surface area contributed by atoms with Crippen LogP contribution in [0.3, 0.4) is 0 Å². The molecule has 2 aromatic heterocycles. The lowest BCUT2D eigenvalue weighted by molar-refractivity contribution is 0.106. The average molecular weight is 319 g/mol. The zero-order valence-electron chi connectivity index (χ0n) is 13.4. The maximum Gasteiger partial charge on any atom is 0.0638 e. The van der Waals surface area contributed by atoms with Gasteiger partial charge in [-0.2, -0.15) is 16.4 Å². The molecule has 1 atom stereocenters. The minimum atomic E-state index is 0.169. The van der Waals surface area contributed by atoms with Gasteiger partial charge >= 0.3 is 0 Å². The van der Waals surface area contributed by atoms with E-state index in [1.54, 1.807) is 11.3 Å². The number of thiophene rings is 1. The Labute approximate surface area is 136 Å². The molecule has 0 saturated carbocycles. The standard InChI is InChI=1S/C17H25N3OS/c1-4-7-20-11-16(14(3)18-20)10-19(17(5-2)12-21)9-15-6-8-22-13-15/h4,6,8,11,13,17,21H,1,5,7,9-10,12H2,2-3H3/t17-/m1/s1. The van der Waals surface area contributed by atoms with E-state index in [1.165, 1.54) is 11.1 Å². The maximum absolute atomic E-state index is 9.69. The van der Waals surface area contributed by atoms with Crippen LogP contribution in [-0.4, -0.2) is 32.4 Å². The van der Waals surface area contributed by atoms with Crippen molar-refractivity contribution in [1.82, 2.24) is 14.7 Å². The number of hydrogen-bond donors (Lipinski definition) is 1. The molecule has 1 N–H and O–H groups in total. The predicted octanol–water partition coefficient (Wildman–Crippen LogP) is 3.21. The number of hydrogen-bond acceptors (Lipinski definition) is 4. The molecule has 2 aromatic rings. The fraction of sp³-hybridized carbons (Fsp3) is 0.471. The normalized spacial score (nSPS) is 12.7. The van der Waals surface area contributed by atoms with Crippen LogP contribution >= 0.6 is 11.3 Å². The van der Waals surface area contributed by atoms with Crippen molar-refractivity contribution in [3.05, 3.63) is 52.5 Å². The Balaban J connectivity index is 2.16. The number of aliphatic hydroxyl groups excluding tert-OH is 1. The number of aliphatic hydroxyl groups is 1. The van der Waals surface area contributed by atoms with Gasteiger partial charge in [0, 0.05) is 30.9 Å². The Kier molecular flexibility index (Phi) is 6.36. The smallest absolute Gasteiger partial charge is 0.0638 e. The van der Waals surface area contributed by atoms with Crippen molar-refractivity contribution in [1.29, 1.82) is 0 Å². The summed E-state index contributed by atoms with van der Waals surface area (Å²) in [6.07, 6.45) is 4.87. The van der Waals surface area contributed by atoms with Crippen molar-refractivity contribution in [2.45, 2.75) is 45.9 Å². The van der Waals surface area contributed by atoms with E-state index in [9.17, 15) is 5.11 Å². The van der Waals surface area contributed by atoms with Crippen LogP contribution in [0.25, 0.3) is 0 Å². The van der Waals surface area contributed by atoms with Gasteiger partial charge in [-0.3, -0.25) is 9.58 Å². The van der Waals surface area contributed by atoms with E-state index in [4.69, 9.17) is 0 Å². The van der Waals surface area contributed by atoms with Crippen LogP contribution in [0.2, 0.25) is 0 Å². The summed E-state index contributed by atoms with van der Waals surface area (Å²) in [6.45, 7) is 10.5. The summed E-state index contributed by atoms with van der Waals surface area (Å²) in [5, 5.41) is 18.5. The third-order valence-electron chi connectivity index (χ3n) is 3.90. The molecule has 5 heteroatoms. The Morgan fingerprint density at radius 2 is 2.32 bits per heavy atom. The molecule has 0 aliphatic rings. The molecule has 4 nitrogen and oxygen atoms in total. The van der Waals surface area contributed by atoms with Crippen molar-refractivity contribution < 1.29 is 5.11 Å². The van der Waals surface area contributed by atoms with Crippen LogP contribution in [0, 0.1) is 6.92 Å². The van der Waals surface area contributed by atoms with Crippen LogP contribution in [0.4, 0.5) is 0 Å². The lowest BCUT2D eigenvalue weighted by Crippen LogP contribution is -2.36. The van der Waals surface area contributed by atoms with Gasteiger partial charge in [-0.05, 0) is 35.7 Å². The summed E-state index contributed by atoms with van der Waals surface area (Å²) < 4.78 is 1.92. The minimum Gasteiger partial charge on any atom is -0.395 e.